The second kappa shape index (κ2) is 4.29. The molecule has 1 aromatic heterocycles. The average Bonchev–Trinajstić information content (AvgIpc) is 2.39. The predicted molar refractivity (Wildman–Crippen MR) is 68.5 cm³/mol. The van der Waals surface area contributed by atoms with Crippen molar-refractivity contribution < 1.29 is 0 Å². The molecule has 0 spiro atoms. The van der Waals surface area contributed by atoms with Crippen molar-refractivity contribution in [2.24, 2.45) is 4.99 Å². The molecule has 0 aromatic carbocycles. The maximum atomic E-state index is 4.44. The molecule has 0 amide bonds. The third-order valence-electron chi connectivity index (χ3n) is 3.15. The number of hydrogen-bond donors (Lipinski definition) is 1. The van der Waals surface area contributed by atoms with Gasteiger partial charge in [-0.05, 0) is 0 Å². The molecular formula is C11H16N6. The maximum Gasteiger partial charge on any atom is 0.180 e. The van der Waals surface area contributed by atoms with E-state index in [1.807, 2.05) is 6.21 Å². The van der Waals surface area contributed by atoms with Crippen LogP contribution in [0.4, 0.5) is 17.3 Å². The van der Waals surface area contributed by atoms with Crippen LogP contribution in [0, 0.1) is 0 Å². The molecule has 3 rings (SSSR count). The van der Waals surface area contributed by atoms with Crippen molar-refractivity contribution in [2.75, 3.05) is 49.6 Å². The van der Waals surface area contributed by atoms with Gasteiger partial charge in [0.1, 0.15) is 12.0 Å². The summed E-state index contributed by atoms with van der Waals surface area (Å²) in [5.41, 5.74) is 1.05. The molecule has 6 nitrogen and oxygen atoms in total. The van der Waals surface area contributed by atoms with Gasteiger partial charge < -0.3 is 15.1 Å². The SMILES string of the molecule is CN1CC=Nc2ncnc(N3CCNCC3)c21. The van der Waals surface area contributed by atoms with E-state index in [1.54, 1.807) is 6.33 Å². The van der Waals surface area contributed by atoms with E-state index in [1.165, 1.54) is 0 Å². The number of rotatable bonds is 1. The smallest absolute Gasteiger partial charge is 0.180 e. The summed E-state index contributed by atoms with van der Waals surface area (Å²) in [6.07, 6.45) is 3.49. The fourth-order valence-corrected chi connectivity index (χ4v) is 2.25. The highest BCUT2D eigenvalue weighted by Crippen LogP contribution is 2.35. The summed E-state index contributed by atoms with van der Waals surface area (Å²) in [6.45, 7) is 4.80. The zero-order chi connectivity index (χ0) is 11.7. The van der Waals surface area contributed by atoms with Crippen LogP contribution in [0.5, 0.6) is 0 Å². The average molecular weight is 232 g/mol. The number of anilines is 2. The number of fused-ring (bicyclic) bond motifs is 1. The zero-order valence-corrected chi connectivity index (χ0v) is 9.93. The van der Waals surface area contributed by atoms with Crippen molar-refractivity contribution in [1.29, 1.82) is 0 Å². The van der Waals surface area contributed by atoms with E-state index >= 15 is 0 Å². The van der Waals surface area contributed by atoms with Gasteiger partial charge in [0, 0.05) is 39.4 Å². The molecule has 2 aliphatic rings. The van der Waals surface area contributed by atoms with Gasteiger partial charge in [-0.1, -0.05) is 0 Å². The minimum Gasteiger partial charge on any atom is -0.363 e. The van der Waals surface area contributed by atoms with Crippen LogP contribution in [0.25, 0.3) is 0 Å². The van der Waals surface area contributed by atoms with Crippen molar-refractivity contribution in [3.63, 3.8) is 0 Å². The van der Waals surface area contributed by atoms with E-state index in [2.05, 4.69) is 37.1 Å². The third kappa shape index (κ3) is 1.84. The van der Waals surface area contributed by atoms with Crippen LogP contribution in [-0.4, -0.2) is 56.0 Å². The van der Waals surface area contributed by atoms with Crippen LogP contribution >= 0.6 is 0 Å². The van der Waals surface area contributed by atoms with Crippen molar-refractivity contribution in [3.05, 3.63) is 6.33 Å². The Hall–Kier alpha value is -1.69. The summed E-state index contributed by atoms with van der Waals surface area (Å²) >= 11 is 0. The van der Waals surface area contributed by atoms with Gasteiger partial charge in [-0.25, -0.2) is 15.0 Å². The van der Waals surface area contributed by atoms with Gasteiger partial charge in [0.2, 0.25) is 0 Å². The van der Waals surface area contributed by atoms with Gasteiger partial charge in [0.25, 0.3) is 0 Å². The largest absolute Gasteiger partial charge is 0.363 e. The van der Waals surface area contributed by atoms with Crippen molar-refractivity contribution in [2.45, 2.75) is 0 Å². The number of nitrogens with zero attached hydrogens (tertiary/aromatic N) is 5. The Bertz CT molecular complexity index is 438. The van der Waals surface area contributed by atoms with Crippen LogP contribution in [0.3, 0.4) is 0 Å². The maximum absolute atomic E-state index is 4.44. The molecule has 1 N–H and O–H groups in total. The molecule has 3 heterocycles. The van der Waals surface area contributed by atoms with E-state index in [4.69, 9.17) is 0 Å². The monoisotopic (exact) mass is 232 g/mol. The second-order valence-corrected chi connectivity index (χ2v) is 4.30. The molecule has 0 atom stereocenters. The third-order valence-corrected chi connectivity index (χ3v) is 3.15. The van der Waals surface area contributed by atoms with Crippen LogP contribution in [0.1, 0.15) is 0 Å². The minimum absolute atomic E-state index is 0.780. The van der Waals surface area contributed by atoms with Crippen LogP contribution in [-0.2, 0) is 0 Å². The summed E-state index contributed by atoms with van der Waals surface area (Å²) in [4.78, 5) is 17.5. The Morgan fingerprint density at radius 2 is 2.06 bits per heavy atom. The number of aliphatic imine (C=N–C) groups is 1. The van der Waals surface area contributed by atoms with E-state index in [-0.39, 0.29) is 0 Å². The molecule has 2 aliphatic heterocycles. The molecular weight excluding hydrogens is 216 g/mol. The summed E-state index contributed by atoms with van der Waals surface area (Å²) in [5.74, 6) is 1.79. The molecule has 1 aromatic rings. The molecule has 17 heavy (non-hydrogen) atoms. The number of nitrogens with one attached hydrogen (secondary N) is 1. The van der Waals surface area contributed by atoms with Crippen molar-refractivity contribution in [3.8, 4) is 0 Å². The van der Waals surface area contributed by atoms with Gasteiger partial charge in [0.05, 0.1) is 6.54 Å². The van der Waals surface area contributed by atoms with E-state index in [0.29, 0.717) is 0 Å². The first-order chi connectivity index (χ1) is 8.36. The summed E-state index contributed by atoms with van der Waals surface area (Å²) in [6, 6.07) is 0. The lowest BCUT2D eigenvalue weighted by Crippen LogP contribution is -2.44. The van der Waals surface area contributed by atoms with Crippen LogP contribution < -0.4 is 15.1 Å². The van der Waals surface area contributed by atoms with Gasteiger partial charge in [-0.15, -0.1) is 0 Å². The van der Waals surface area contributed by atoms with E-state index in [0.717, 1.165) is 50.0 Å². The van der Waals surface area contributed by atoms with E-state index < -0.39 is 0 Å². The minimum atomic E-state index is 0.780. The van der Waals surface area contributed by atoms with Gasteiger partial charge >= 0.3 is 0 Å². The quantitative estimate of drug-likeness (QED) is 0.741. The molecule has 0 radical (unpaired) electrons. The fraction of sp³-hybridized carbons (Fsp3) is 0.545. The van der Waals surface area contributed by atoms with Crippen LogP contribution in [0.15, 0.2) is 11.3 Å². The first-order valence-corrected chi connectivity index (χ1v) is 5.90. The molecule has 0 saturated carbocycles. The highest BCUT2D eigenvalue weighted by atomic mass is 15.3. The number of aromatic nitrogens is 2. The standard InChI is InChI=1S/C11H16N6/c1-16-5-4-13-10-9(16)11(15-8-14-10)17-6-2-12-3-7-17/h4,8,12H,2-3,5-7H2,1H3. The normalized spacial score (nSPS) is 19.4. The highest BCUT2D eigenvalue weighted by Gasteiger charge is 2.22. The fourth-order valence-electron chi connectivity index (χ4n) is 2.25. The molecule has 1 saturated heterocycles. The highest BCUT2D eigenvalue weighted by molar-refractivity contribution is 5.85. The van der Waals surface area contributed by atoms with Gasteiger partial charge in [0.15, 0.2) is 11.6 Å². The van der Waals surface area contributed by atoms with Crippen molar-refractivity contribution in [1.82, 2.24) is 15.3 Å². The summed E-state index contributed by atoms with van der Waals surface area (Å²) < 4.78 is 0. The van der Waals surface area contributed by atoms with Crippen molar-refractivity contribution >= 4 is 23.5 Å². The molecule has 6 heteroatoms. The Morgan fingerprint density at radius 3 is 2.88 bits per heavy atom. The molecule has 90 valence electrons. The molecule has 0 unspecified atom stereocenters. The second-order valence-electron chi connectivity index (χ2n) is 4.30. The zero-order valence-electron chi connectivity index (χ0n) is 9.93. The summed E-state index contributed by atoms with van der Waals surface area (Å²) in [5, 5.41) is 3.35. The lowest BCUT2D eigenvalue weighted by molar-refractivity contribution is 0.584. The first kappa shape index (κ1) is 10.5. The first-order valence-electron chi connectivity index (χ1n) is 5.90. The Kier molecular flexibility index (Phi) is 2.64. The Balaban J connectivity index is 2.01. The molecule has 0 bridgehead atoms. The lowest BCUT2D eigenvalue weighted by atomic mass is 10.3. The Morgan fingerprint density at radius 1 is 1.24 bits per heavy atom. The molecule has 1 fully saturated rings. The van der Waals surface area contributed by atoms with Gasteiger partial charge in [-0.3, -0.25) is 0 Å². The topological polar surface area (TPSA) is 56.7 Å². The van der Waals surface area contributed by atoms with E-state index in [9.17, 15) is 0 Å². The number of piperazine rings is 1. The predicted octanol–water partition coefficient (Wildman–Crippen LogP) is 0.0383. The lowest BCUT2D eigenvalue weighted by Gasteiger charge is -2.33. The number of hydrogen-bond acceptors (Lipinski definition) is 6. The Labute approximate surface area is 100 Å². The molecule has 0 aliphatic carbocycles. The van der Waals surface area contributed by atoms with Crippen LogP contribution in [0.2, 0.25) is 0 Å². The van der Waals surface area contributed by atoms with Gasteiger partial charge in [-0.2, -0.15) is 0 Å². The summed E-state index contributed by atoms with van der Waals surface area (Å²) in [7, 11) is 2.05.